The van der Waals surface area contributed by atoms with Crippen LogP contribution in [0.4, 0.5) is 0 Å². The van der Waals surface area contributed by atoms with Crippen molar-refractivity contribution < 1.29 is 4.74 Å². The minimum Gasteiger partial charge on any atom is -0.383 e. The number of methoxy groups -OCH3 is 1. The topological polar surface area (TPSA) is 33.3 Å². The molecule has 0 unspecified atom stereocenters. The van der Waals surface area contributed by atoms with Crippen LogP contribution in [0.3, 0.4) is 0 Å². The maximum atomic E-state index is 4.96. The lowest BCUT2D eigenvalue weighted by molar-refractivity contribution is 0.199. The normalized spacial score (nSPS) is 10.7. The molecule has 17 heavy (non-hydrogen) atoms. The summed E-state index contributed by atoms with van der Waals surface area (Å²) in [5.41, 5.74) is 2.75. The molecule has 2 N–H and O–H groups in total. The van der Waals surface area contributed by atoms with E-state index in [9.17, 15) is 0 Å². The largest absolute Gasteiger partial charge is 0.383 e. The van der Waals surface area contributed by atoms with Crippen LogP contribution in [0.5, 0.6) is 0 Å². The van der Waals surface area contributed by atoms with Gasteiger partial charge in [-0.3, -0.25) is 0 Å². The number of ether oxygens (including phenoxy) is 1. The highest BCUT2D eigenvalue weighted by atomic mass is 16.5. The monoisotopic (exact) mass is 236 g/mol. The number of aryl methyl sites for hydroxylation is 1. The molecule has 0 aliphatic heterocycles. The highest BCUT2D eigenvalue weighted by Crippen LogP contribution is 2.05. The molecule has 3 heteroatoms. The van der Waals surface area contributed by atoms with Crippen molar-refractivity contribution in [2.24, 2.45) is 0 Å². The minimum atomic E-state index is 0.788. The Balaban J connectivity index is 1.99. The first-order valence-corrected chi connectivity index (χ1v) is 6.29. The number of rotatable bonds is 9. The van der Waals surface area contributed by atoms with Crippen molar-refractivity contribution in [2.75, 3.05) is 33.4 Å². The molecule has 1 rings (SSSR count). The van der Waals surface area contributed by atoms with Crippen LogP contribution in [0.15, 0.2) is 24.3 Å². The van der Waals surface area contributed by atoms with Crippen LogP contribution in [-0.4, -0.2) is 33.4 Å². The van der Waals surface area contributed by atoms with E-state index in [2.05, 4.69) is 41.8 Å². The molecule has 0 aromatic heterocycles. The molecule has 0 saturated carbocycles. The van der Waals surface area contributed by atoms with E-state index >= 15 is 0 Å². The molecule has 0 fully saturated rings. The minimum absolute atomic E-state index is 0.788. The zero-order valence-corrected chi connectivity index (χ0v) is 11.0. The number of nitrogens with one attached hydrogen (secondary N) is 2. The molecule has 0 spiro atoms. The lowest BCUT2D eigenvalue weighted by atomic mass is 10.1. The standard InChI is InChI=1S/C14H24N2O/c1-13-6-3-4-7-14(13)12-16-9-5-8-15-10-11-17-2/h3-4,6-7,15-16H,5,8-12H2,1-2H3. The second-order valence-electron chi connectivity index (χ2n) is 4.20. The Hall–Kier alpha value is -0.900. The third kappa shape index (κ3) is 6.41. The highest BCUT2D eigenvalue weighted by Gasteiger charge is 1.95. The fraction of sp³-hybridized carbons (Fsp3) is 0.571. The van der Waals surface area contributed by atoms with Crippen LogP contribution in [0.1, 0.15) is 17.5 Å². The molecule has 1 aromatic rings. The second-order valence-corrected chi connectivity index (χ2v) is 4.20. The Morgan fingerprint density at radius 2 is 1.82 bits per heavy atom. The predicted octanol–water partition coefficient (Wildman–Crippen LogP) is 1.71. The van der Waals surface area contributed by atoms with Crippen molar-refractivity contribution in [1.29, 1.82) is 0 Å². The first-order valence-electron chi connectivity index (χ1n) is 6.29. The van der Waals surface area contributed by atoms with Crippen LogP contribution in [0, 0.1) is 6.92 Å². The molecule has 0 aliphatic carbocycles. The zero-order chi connectivity index (χ0) is 12.3. The smallest absolute Gasteiger partial charge is 0.0587 e. The van der Waals surface area contributed by atoms with Gasteiger partial charge in [0.05, 0.1) is 6.61 Å². The van der Waals surface area contributed by atoms with Gasteiger partial charge >= 0.3 is 0 Å². The van der Waals surface area contributed by atoms with Crippen molar-refractivity contribution in [3.05, 3.63) is 35.4 Å². The summed E-state index contributed by atoms with van der Waals surface area (Å²) in [6, 6.07) is 8.51. The third-order valence-corrected chi connectivity index (χ3v) is 2.77. The highest BCUT2D eigenvalue weighted by molar-refractivity contribution is 5.25. The second kappa shape index (κ2) is 9.16. The summed E-state index contributed by atoms with van der Waals surface area (Å²) >= 11 is 0. The van der Waals surface area contributed by atoms with Gasteiger partial charge in [0.15, 0.2) is 0 Å². The Morgan fingerprint density at radius 1 is 1.06 bits per heavy atom. The molecule has 0 radical (unpaired) electrons. The Labute approximate surface area is 105 Å². The molecule has 0 amide bonds. The summed E-state index contributed by atoms with van der Waals surface area (Å²) in [5, 5.41) is 6.79. The average molecular weight is 236 g/mol. The van der Waals surface area contributed by atoms with Crippen molar-refractivity contribution in [2.45, 2.75) is 19.9 Å². The summed E-state index contributed by atoms with van der Waals surface area (Å²) in [6.45, 7) is 6.94. The summed E-state index contributed by atoms with van der Waals surface area (Å²) in [7, 11) is 1.73. The Bertz CT molecular complexity index is 302. The molecule has 1 aromatic carbocycles. The van der Waals surface area contributed by atoms with E-state index < -0.39 is 0 Å². The van der Waals surface area contributed by atoms with E-state index in [1.807, 2.05) is 0 Å². The Morgan fingerprint density at radius 3 is 2.59 bits per heavy atom. The van der Waals surface area contributed by atoms with Gasteiger partial charge in [0.2, 0.25) is 0 Å². The van der Waals surface area contributed by atoms with Crippen LogP contribution in [0.25, 0.3) is 0 Å². The van der Waals surface area contributed by atoms with E-state index in [-0.39, 0.29) is 0 Å². The summed E-state index contributed by atoms with van der Waals surface area (Å²) in [6.07, 6.45) is 1.15. The van der Waals surface area contributed by atoms with Crippen LogP contribution in [0.2, 0.25) is 0 Å². The lowest BCUT2D eigenvalue weighted by Gasteiger charge is -2.08. The molecule has 3 nitrogen and oxygen atoms in total. The van der Waals surface area contributed by atoms with Gasteiger partial charge in [-0.2, -0.15) is 0 Å². The maximum Gasteiger partial charge on any atom is 0.0587 e. The van der Waals surface area contributed by atoms with Crippen LogP contribution < -0.4 is 10.6 Å². The van der Waals surface area contributed by atoms with Gasteiger partial charge in [-0.15, -0.1) is 0 Å². The lowest BCUT2D eigenvalue weighted by Crippen LogP contribution is -2.24. The molecule has 0 bridgehead atoms. The zero-order valence-electron chi connectivity index (χ0n) is 11.0. The van der Waals surface area contributed by atoms with Gasteiger partial charge in [0, 0.05) is 20.2 Å². The maximum absolute atomic E-state index is 4.96. The van der Waals surface area contributed by atoms with Gasteiger partial charge in [-0.05, 0) is 37.6 Å². The molecule has 96 valence electrons. The van der Waals surface area contributed by atoms with E-state index in [4.69, 9.17) is 4.74 Å². The van der Waals surface area contributed by atoms with Gasteiger partial charge in [0.25, 0.3) is 0 Å². The number of hydrogen-bond acceptors (Lipinski definition) is 3. The summed E-state index contributed by atoms with van der Waals surface area (Å²) in [4.78, 5) is 0. The van der Waals surface area contributed by atoms with Crippen molar-refractivity contribution in [3.63, 3.8) is 0 Å². The van der Waals surface area contributed by atoms with Gasteiger partial charge in [-0.25, -0.2) is 0 Å². The van der Waals surface area contributed by atoms with Crippen molar-refractivity contribution in [1.82, 2.24) is 10.6 Å². The molecular formula is C14H24N2O. The average Bonchev–Trinajstić information content (AvgIpc) is 2.35. The van der Waals surface area contributed by atoms with E-state index in [0.717, 1.165) is 39.2 Å². The van der Waals surface area contributed by atoms with Crippen molar-refractivity contribution >= 4 is 0 Å². The first-order chi connectivity index (χ1) is 8.34. The fourth-order valence-corrected chi connectivity index (χ4v) is 1.67. The van der Waals surface area contributed by atoms with Gasteiger partial charge in [0.1, 0.15) is 0 Å². The Kier molecular flexibility index (Phi) is 7.63. The van der Waals surface area contributed by atoms with E-state index in [1.54, 1.807) is 7.11 Å². The molecule has 0 heterocycles. The molecule has 0 atom stereocenters. The fourth-order valence-electron chi connectivity index (χ4n) is 1.67. The van der Waals surface area contributed by atoms with E-state index in [0.29, 0.717) is 0 Å². The van der Waals surface area contributed by atoms with E-state index in [1.165, 1.54) is 11.1 Å². The molecular weight excluding hydrogens is 212 g/mol. The van der Waals surface area contributed by atoms with Crippen molar-refractivity contribution in [3.8, 4) is 0 Å². The van der Waals surface area contributed by atoms with Gasteiger partial charge < -0.3 is 15.4 Å². The summed E-state index contributed by atoms with van der Waals surface area (Å²) < 4.78 is 4.96. The number of benzene rings is 1. The number of hydrogen-bond donors (Lipinski definition) is 2. The quantitative estimate of drug-likeness (QED) is 0.640. The SMILES string of the molecule is COCCNCCCNCc1ccccc1C. The summed E-state index contributed by atoms with van der Waals surface area (Å²) in [5.74, 6) is 0. The first kappa shape index (κ1) is 14.2. The predicted molar refractivity (Wildman–Crippen MR) is 72.2 cm³/mol. The van der Waals surface area contributed by atoms with Crippen LogP contribution in [-0.2, 0) is 11.3 Å². The third-order valence-electron chi connectivity index (χ3n) is 2.77. The molecule has 0 aliphatic rings. The van der Waals surface area contributed by atoms with Crippen LogP contribution >= 0.6 is 0 Å². The van der Waals surface area contributed by atoms with Gasteiger partial charge in [-0.1, -0.05) is 24.3 Å². The molecule has 0 saturated heterocycles.